The topological polar surface area (TPSA) is 0 Å². The largest absolute Gasteiger partial charge is 0.182 e. The number of hydrogen-bond donors (Lipinski definition) is 1. The molecule has 0 atom stereocenters. The quantitative estimate of drug-likeness (QED) is 0.445. The Morgan fingerprint density at radius 3 is 1.56 bits per heavy atom. The van der Waals surface area contributed by atoms with Crippen molar-refractivity contribution >= 4 is 20.7 Å². The van der Waals surface area contributed by atoms with Gasteiger partial charge >= 0.3 is 0 Å². The molecular weight excluding hydrogens is 144 g/mol. The van der Waals surface area contributed by atoms with Crippen molar-refractivity contribution in [3.63, 3.8) is 0 Å². The van der Waals surface area contributed by atoms with Gasteiger partial charge in [-0.15, -0.1) is 0 Å². The lowest BCUT2D eigenvalue weighted by molar-refractivity contribution is 0.723. The van der Waals surface area contributed by atoms with Gasteiger partial charge in [0.2, 0.25) is 0 Å². The Hall–Kier alpha value is 0.567. The van der Waals surface area contributed by atoms with Crippen LogP contribution < -0.4 is 0 Å². The van der Waals surface area contributed by atoms with Crippen molar-refractivity contribution < 1.29 is 0 Å². The summed E-state index contributed by atoms with van der Waals surface area (Å²) < 4.78 is 0. The predicted molar refractivity (Wildman–Crippen MR) is 51.1 cm³/mol. The van der Waals surface area contributed by atoms with Crippen LogP contribution in [0.3, 0.4) is 0 Å². The van der Waals surface area contributed by atoms with Crippen LogP contribution in [0.4, 0.5) is 0 Å². The standard InChI is InChI=1S/C7H18SSi/c1-7(2,3)9(4,5)6-8/h8H,6H2,1-5H3. The summed E-state index contributed by atoms with van der Waals surface area (Å²) >= 11 is 4.36. The van der Waals surface area contributed by atoms with Gasteiger partial charge in [-0.05, 0) is 10.4 Å². The molecule has 56 valence electrons. The molecule has 9 heavy (non-hydrogen) atoms. The fourth-order valence-electron chi connectivity index (χ4n) is 0.237. The minimum atomic E-state index is -1.01. The Balaban J connectivity index is 4.14. The summed E-state index contributed by atoms with van der Waals surface area (Å²) in [5.74, 6) is 0. The first kappa shape index (κ1) is 9.57. The maximum Gasteiger partial charge on any atom is 0.0628 e. The zero-order valence-corrected chi connectivity index (χ0v) is 9.05. The van der Waals surface area contributed by atoms with Gasteiger partial charge in [-0.1, -0.05) is 33.9 Å². The molecule has 0 aliphatic rings. The molecule has 0 heterocycles. The monoisotopic (exact) mass is 162 g/mol. The van der Waals surface area contributed by atoms with Gasteiger partial charge < -0.3 is 0 Å². The van der Waals surface area contributed by atoms with Crippen LogP contribution in [0.1, 0.15) is 20.8 Å². The summed E-state index contributed by atoms with van der Waals surface area (Å²) in [5, 5.41) is 1.60. The van der Waals surface area contributed by atoms with E-state index in [0.29, 0.717) is 5.04 Å². The van der Waals surface area contributed by atoms with Crippen LogP contribution in [0.15, 0.2) is 0 Å². The van der Waals surface area contributed by atoms with Gasteiger partial charge in [0.1, 0.15) is 0 Å². The molecular formula is C7H18SSi. The Kier molecular flexibility index (Phi) is 2.83. The SMILES string of the molecule is CC(C)(C)[Si](C)(C)CS. The molecule has 2 heteroatoms. The molecule has 0 saturated heterocycles. The molecule has 0 unspecified atom stereocenters. The van der Waals surface area contributed by atoms with Crippen LogP contribution >= 0.6 is 12.6 Å². The maximum atomic E-state index is 4.36. The first-order chi connectivity index (χ1) is 3.81. The molecule has 0 N–H and O–H groups in total. The molecule has 0 fully saturated rings. The number of hydrogen-bond acceptors (Lipinski definition) is 1. The van der Waals surface area contributed by atoms with Gasteiger partial charge in [0.05, 0.1) is 8.07 Å². The van der Waals surface area contributed by atoms with Gasteiger partial charge in [-0.25, -0.2) is 0 Å². The summed E-state index contributed by atoms with van der Waals surface area (Å²) in [6.45, 7) is 11.7. The number of rotatable bonds is 1. The third-order valence-corrected chi connectivity index (χ3v) is 9.65. The van der Waals surface area contributed by atoms with E-state index in [9.17, 15) is 0 Å². The van der Waals surface area contributed by atoms with Crippen molar-refractivity contribution in [3.8, 4) is 0 Å². The van der Waals surface area contributed by atoms with Gasteiger partial charge in [-0.2, -0.15) is 12.6 Å². The molecule has 0 aromatic carbocycles. The van der Waals surface area contributed by atoms with Gasteiger partial charge in [0.25, 0.3) is 0 Å². The Bertz CT molecular complexity index is 91.6. The first-order valence-electron chi connectivity index (χ1n) is 3.42. The summed E-state index contributed by atoms with van der Waals surface area (Å²) in [6.07, 6.45) is 0. The molecule has 0 bridgehead atoms. The molecule has 0 rings (SSSR count). The third-order valence-electron chi connectivity index (χ3n) is 2.43. The highest BCUT2D eigenvalue weighted by atomic mass is 32.1. The van der Waals surface area contributed by atoms with Crippen molar-refractivity contribution in [2.75, 3.05) is 5.38 Å². The fraction of sp³-hybridized carbons (Fsp3) is 1.00. The van der Waals surface area contributed by atoms with Crippen molar-refractivity contribution in [2.24, 2.45) is 0 Å². The van der Waals surface area contributed by atoms with Crippen LogP contribution in [0.2, 0.25) is 18.1 Å². The Morgan fingerprint density at radius 2 is 1.56 bits per heavy atom. The molecule has 0 nitrogen and oxygen atoms in total. The molecule has 0 amide bonds. The molecule has 0 saturated carbocycles. The lowest BCUT2D eigenvalue weighted by Gasteiger charge is -2.35. The molecule has 0 aromatic heterocycles. The maximum absolute atomic E-state index is 4.36. The highest BCUT2D eigenvalue weighted by molar-refractivity contribution is 7.82. The predicted octanol–water partition coefficient (Wildman–Crippen LogP) is 2.96. The van der Waals surface area contributed by atoms with Gasteiger partial charge in [0, 0.05) is 0 Å². The van der Waals surface area contributed by atoms with E-state index in [0.717, 1.165) is 5.38 Å². The summed E-state index contributed by atoms with van der Waals surface area (Å²) in [5.41, 5.74) is 0. The van der Waals surface area contributed by atoms with Crippen molar-refractivity contribution in [1.82, 2.24) is 0 Å². The summed E-state index contributed by atoms with van der Waals surface area (Å²) in [6, 6.07) is 0. The zero-order chi connectivity index (χ0) is 7.71. The van der Waals surface area contributed by atoms with E-state index in [2.05, 4.69) is 46.5 Å². The average molecular weight is 162 g/mol. The fourth-order valence-corrected chi connectivity index (χ4v) is 2.13. The van der Waals surface area contributed by atoms with E-state index in [1.54, 1.807) is 0 Å². The van der Waals surface area contributed by atoms with Crippen LogP contribution in [0.25, 0.3) is 0 Å². The van der Waals surface area contributed by atoms with Crippen molar-refractivity contribution in [1.29, 1.82) is 0 Å². The first-order valence-corrected chi connectivity index (χ1v) is 7.26. The van der Waals surface area contributed by atoms with E-state index >= 15 is 0 Å². The minimum absolute atomic E-state index is 0.509. The van der Waals surface area contributed by atoms with E-state index in [-0.39, 0.29) is 0 Å². The molecule has 0 aliphatic carbocycles. The van der Waals surface area contributed by atoms with E-state index < -0.39 is 8.07 Å². The highest BCUT2D eigenvalue weighted by Gasteiger charge is 2.33. The van der Waals surface area contributed by atoms with E-state index in [4.69, 9.17) is 0 Å². The second kappa shape index (κ2) is 2.66. The molecule has 0 aromatic rings. The highest BCUT2D eigenvalue weighted by Crippen LogP contribution is 2.36. The Labute approximate surface area is 65.5 Å². The van der Waals surface area contributed by atoms with Gasteiger partial charge in [0.15, 0.2) is 0 Å². The van der Waals surface area contributed by atoms with Gasteiger partial charge in [-0.3, -0.25) is 0 Å². The van der Waals surface area contributed by atoms with Crippen molar-refractivity contribution in [3.05, 3.63) is 0 Å². The lowest BCUT2D eigenvalue weighted by atomic mass is 10.2. The average Bonchev–Trinajstić information content (AvgIpc) is 1.64. The van der Waals surface area contributed by atoms with Crippen LogP contribution in [-0.2, 0) is 0 Å². The normalized spacial score (nSPS) is 14.0. The van der Waals surface area contributed by atoms with Crippen LogP contribution in [-0.4, -0.2) is 13.5 Å². The second-order valence-electron chi connectivity index (χ2n) is 4.29. The second-order valence-corrected chi connectivity index (χ2v) is 10.8. The number of thiol groups is 1. The zero-order valence-electron chi connectivity index (χ0n) is 7.15. The van der Waals surface area contributed by atoms with Crippen LogP contribution in [0, 0.1) is 0 Å². The van der Waals surface area contributed by atoms with Crippen molar-refractivity contribution in [2.45, 2.75) is 38.9 Å². The minimum Gasteiger partial charge on any atom is -0.182 e. The molecule has 0 radical (unpaired) electrons. The van der Waals surface area contributed by atoms with E-state index in [1.807, 2.05) is 0 Å². The smallest absolute Gasteiger partial charge is 0.0628 e. The summed E-state index contributed by atoms with van der Waals surface area (Å²) in [4.78, 5) is 0. The van der Waals surface area contributed by atoms with E-state index in [1.165, 1.54) is 0 Å². The molecule has 0 aliphatic heterocycles. The lowest BCUT2D eigenvalue weighted by Crippen LogP contribution is -2.39. The molecule has 0 spiro atoms. The Morgan fingerprint density at radius 1 is 1.22 bits per heavy atom. The van der Waals surface area contributed by atoms with Crippen LogP contribution in [0.5, 0.6) is 0 Å². The third kappa shape index (κ3) is 2.34. The summed E-state index contributed by atoms with van der Waals surface area (Å²) in [7, 11) is -1.01.